The highest BCUT2D eigenvalue weighted by Crippen LogP contribution is 2.23. The maximum Gasteiger partial charge on any atom is 0.331 e. The van der Waals surface area contributed by atoms with Gasteiger partial charge in [0.15, 0.2) is 0 Å². The van der Waals surface area contributed by atoms with Gasteiger partial charge in [-0.05, 0) is 18.3 Å². The molecule has 0 spiro atoms. The summed E-state index contributed by atoms with van der Waals surface area (Å²) in [6.07, 6.45) is 2.09. The molecular weight excluding hydrogens is 284 g/mol. The number of hydrogen-bond acceptors (Lipinski definition) is 3. The van der Waals surface area contributed by atoms with Crippen molar-refractivity contribution in [2.75, 3.05) is 7.05 Å². The Labute approximate surface area is 132 Å². The average molecular weight is 312 g/mol. The highest BCUT2D eigenvalue weighted by atomic mass is 16.4. The summed E-state index contributed by atoms with van der Waals surface area (Å²) < 4.78 is 0. The molecule has 0 aromatic rings. The van der Waals surface area contributed by atoms with Crippen LogP contribution in [0.2, 0.25) is 0 Å². The van der Waals surface area contributed by atoms with Gasteiger partial charge in [-0.3, -0.25) is 9.59 Å². The van der Waals surface area contributed by atoms with Crippen molar-refractivity contribution in [3.8, 4) is 0 Å². The van der Waals surface area contributed by atoms with Gasteiger partial charge in [0.1, 0.15) is 6.04 Å². The second-order valence-corrected chi connectivity index (χ2v) is 6.92. The molecule has 0 bridgehead atoms. The van der Waals surface area contributed by atoms with Crippen LogP contribution in [0.5, 0.6) is 0 Å². The van der Waals surface area contributed by atoms with Crippen molar-refractivity contribution in [1.29, 1.82) is 0 Å². The fourth-order valence-electron chi connectivity index (χ4n) is 2.19. The van der Waals surface area contributed by atoms with Crippen molar-refractivity contribution in [3.05, 3.63) is 11.6 Å². The number of nitrogens with one attached hydrogen (secondary N) is 1. The third-order valence-electron chi connectivity index (χ3n) is 3.58. The highest BCUT2D eigenvalue weighted by molar-refractivity contribution is 5.87. The van der Waals surface area contributed by atoms with Gasteiger partial charge >= 0.3 is 5.97 Å². The minimum Gasteiger partial charge on any atom is -0.478 e. The van der Waals surface area contributed by atoms with Crippen LogP contribution in [0.4, 0.5) is 0 Å². The van der Waals surface area contributed by atoms with Crippen LogP contribution in [0.15, 0.2) is 11.6 Å². The largest absolute Gasteiger partial charge is 0.478 e. The van der Waals surface area contributed by atoms with Crippen molar-refractivity contribution < 1.29 is 19.5 Å². The predicted octanol–water partition coefficient (Wildman–Crippen LogP) is 1.66. The molecule has 0 radical (unpaired) electrons. The second kappa shape index (κ2) is 7.96. The standard InChI is InChI=1S/C16H28N2O4/c1-10(2)12(8-11(3)15(21)22)18(7)14(20)13(17-9-19)16(4,5)6/h8-10,12-13H,1-7H3,(H,17,19)(H,21,22)/b11-8+/t12-,13+/m1/s1. The van der Waals surface area contributed by atoms with Crippen molar-refractivity contribution in [2.45, 2.75) is 53.6 Å². The average Bonchev–Trinajstić information content (AvgIpc) is 2.38. The van der Waals surface area contributed by atoms with E-state index in [1.165, 1.54) is 11.8 Å². The van der Waals surface area contributed by atoms with Gasteiger partial charge < -0.3 is 15.3 Å². The summed E-state index contributed by atoms with van der Waals surface area (Å²) in [5, 5.41) is 11.6. The van der Waals surface area contributed by atoms with Gasteiger partial charge in [0, 0.05) is 12.6 Å². The number of carboxylic acid groups (broad SMARTS) is 1. The fourth-order valence-corrected chi connectivity index (χ4v) is 2.19. The van der Waals surface area contributed by atoms with E-state index in [0.717, 1.165) is 0 Å². The second-order valence-electron chi connectivity index (χ2n) is 6.92. The number of carboxylic acids is 1. The lowest BCUT2D eigenvalue weighted by molar-refractivity contribution is -0.138. The van der Waals surface area contributed by atoms with E-state index in [-0.39, 0.29) is 23.4 Å². The van der Waals surface area contributed by atoms with Crippen LogP contribution in [0, 0.1) is 11.3 Å². The number of aliphatic carboxylic acids is 1. The van der Waals surface area contributed by atoms with Crippen LogP contribution in [0.3, 0.4) is 0 Å². The van der Waals surface area contributed by atoms with Crippen LogP contribution in [-0.2, 0) is 14.4 Å². The van der Waals surface area contributed by atoms with Crippen LogP contribution in [0.1, 0.15) is 41.5 Å². The summed E-state index contributed by atoms with van der Waals surface area (Å²) in [5.74, 6) is -1.21. The van der Waals surface area contributed by atoms with Gasteiger partial charge in [0.2, 0.25) is 12.3 Å². The summed E-state index contributed by atoms with van der Waals surface area (Å²) in [5.41, 5.74) is -0.256. The molecule has 0 unspecified atom stereocenters. The zero-order chi connectivity index (χ0) is 17.7. The topological polar surface area (TPSA) is 86.7 Å². The first kappa shape index (κ1) is 20.1. The molecule has 2 N–H and O–H groups in total. The zero-order valence-electron chi connectivity index (χ0n) is 14.5. The maximum absolute atomic E-state index is 12.7. The fraction of sp³-hybridized carbons (Fsp3) is 0.688. The lowest BCUT2D eigenvalue weighted by Gasteiger charge is -2.36. The lowest BCUT2D eigenvalue weighted by atomic mass is 9.85. The van der Waals surface area contributed by atoms with Crippen LogP contribution in [-0.4, -0.2) is 47.4 Å². The normalized spacial score (nSPS) is 15.2. The number of carbonyl (C=O) groups is 3. The van der Waals surface area contributed by atoms with E-state index in [1.54, 1.807) is 13.1 Å². The molecule has 0 aliphatic rings. The zero-order valence-corrected chi connectivity index (χ0v) is 14.5. The Morgan fingerprint density at radius 1 is 1.23 bits per heavy atom. The molecule has 0 saturated carbocycles. The van der Waals surface area contributed by atoms with E-state index in [1.807, 2.05) is 34.6 Å². The Morgan fingerprint density at radius 2 is 1.73 bits per heavy atom. The van der Waals surface area contributed by atoms with Crippen molar-refractivity contribution >= 4 is 18.3 Å². The number of nitrogens with zero attached hydrogens (tertiary/aromatic N) is 1. The Hall–Kier alpha value is -1.85. The van der Waals surface area contributed by atoms with E-state index in [4.69, 9.17) is 5.11 Å². The molecule has 0 rings (SSSR count). The van der Waals surface area contributed by atoms with Gasteiger partial charge in [0.05, 0.1) is 6.04 Å². The quantitative estimate of drug-likeness (QED) is 0.553. The van der Waals surface area contributed by atoms with Gasteiger partial charge in [-0.2, -0.15) is 0 Å². The van der Waals surface area contributed by atoms with E-state index < -0.39 is 17.4 Å². The number of hydrogen-bond donors (Lipinski definition) is 2. The molecule has 126 valence electrons. The summed E-state index contributed by atoms with van der Waals surface area (Å²) >= 11 is 0. The molecular formula is C16H28N2O4. The Balaban J connectivity index is 5.51. The lowest BCUT2D eigenvalue weighted by Crippen LogP contribution is -2.54. The van der Waals surface area contributed by atoms with Crippen molar-refractivity contribution in [2.24, 2.45) is 11.3 Å². The number of likely N-dealkylation sites (N-methyl/N-ethyl adjacent to an activating group) is 1. The van der Waals surface area contributed by atoms with E-state index in [0.29, 0.717) is 6.41 Å². The molecule has 2 amide bonds. The summed E-state index contributed by atoms with van der Waals surface area (Å²) in [7, 11) is 1.63. The molecule has 0 fully saturated rings. The Bertz CT molecular complexity index is 450. The minimum atomic E-state index is -1.01. The molecule has 0 aromatic carbocycles. The first-order valence-electron chi connectivity index (χ1n) is 7.31. The minimum absolute atomic E-state index is 0.0418. The predicted molar refractivity (Wildman–Crippen MR) is 85.2 cm³/mol. The maximum atomic E-state index is 12.7. The summed E-state index contributed by atoms with van der Waals surface area (Å²) in [6, 6.07) is -1.03. The van der Waals surface area contributed by atoms with E-state index in [9.17, 15) is 14.4 Å². The third kappa shape index (κ3) is 5.50. The molecule has 2 atom stereocenters. The molecule has 0 aliphatic heterocycles. The van der Waals surface area contributed by atoms with E-state index >= 15 is 0 Å². The molecule has 0 heterocycles. The molecule has 0 saturated heterocycles. The Kier molecular flexibility index (Phi) is 7.29. The molecule has 0 aliphatic carbocycles. The van der Waals surface area contributed by atoms with E-state index in [2.05, 4.69) is 5.32 Å². The van der Waals surface area contributed by atoms with Crippen LogP contribution < -0.4 is 5.32 Å². The summed E-state index contributed by atoms with van der Waals surface area (Å²) in [6.45, 7) is 10.9. The van der Waals surface area contributed by atoms with Gasteiger partial charge in [-0.25, -0.2) is 4.79 Å². The smallest absolute Gasteiger partial charge is 0.331 e. The van der Waals surface area contributed by atoms with Gasteiger partial charge in [-0.15, -0.1) is 0 Å². The number of rotatable bonds is 7. The van der Waals surface area contributed by atoms with Gasteiger partial charge in [0.25, 0.3) is 0 Å². The SMILES string of the molecule is C/C(=C\[C@H](C(C)C)N(C)C(=O)[C@H](NC=O)C(C)(C)C)C(=O)O. The van der Waals surface area contributed by atoms with Crippen LogP contribution >= 0.6 is 0 Å². The van der Waals surface area contributed by atoms with Crippen molar-refractivity contribution in [3.63, 3.8) is 0 Å². The number of carbonyl (C=O) groups excluding carboxylic acids is 2. The first-order chi connectivity index (χ1) is 9.93. The molecule has 6 nitrogen and oxygen atoms in total. The van der Waals surface area contributed by atoms with Gasteiger partial charge in [-0.1, -0.05) is 40.7 Å². The first-order valence-corrected chi connectivity index (χ1v) is 7.31. The summed E-state index contributed by atoms with van der Waals surface area (Å²) in [4.78, 5) is 36.0. The molecule has 22 heavy (non-hydrogen) atoms. The monoisotopic (exact) mass is 312 g/mol. The number of amides is 2. The highest BCUT2D eigenvalue weighted by Gasteiger charge is 2.35. The molecule has 0 aromatic heterocycles. The Morgan fingerprint density at radius 3 is 2.05 bits per heavy atom. The third-order valence-corrected chi connectivity index (χ3v) is 3.58. The van der Waals surface area contributed by atoms with Crippen molar-refractivity contribution in [1.82, 2.24) is 10.2 Å². The molecule has 6 heteroatoms. The van der Waals surface area contributed by atoms with Crippen LogP contribution in [0.25, 0.3) is 0 Å².